The van der Waals surface area contributed by atoms with Crippen LogP contribution in [0.25, 0.3) is 0 Å². The van der Waals surface area contributed by atoms with Crippen molar-refractivity contribution in [3.63, 3.8) is 0 Å². The average molecular weight is 288 g/mol. The van der Waals surface area contributed by atoms with Crippen LogP contribution in [0.5, 0.6) is 0 Å². The average Bonchev–Trinajstić information content (AvgIpc) is 2.93. The highest BCUT2D eigenvalue weighted by molar-refractivity contribution is 7.12. The van der Waals surface area contributed by atoms with E-state index in [0.29, 0.717) is 11.5 Å². The predicted octanol–water partition coefficient (Wildman–Crippen LogP) is 4.04. The highest BCUT2D eigenvalue weighted by Crippen LogP contribution is 2.33. The van der Waals surface area contributed by atoms with Crippen LogP contribution in [0.3, 0.4) is 0 Å². The van der Waals surface area contributed by atoms with Gasteiger partial charge in [0.15, 0.2) is 0 Å². The number of benzene rings is 1. The molecule has 0 aliphatic heterocycles. The number of thiophene rings is 1. The summed E-state index contributed by atoms with van der Waals surface area (Å²) in [5, 5.41) is 10.9. The van der Waals surface area contributed by atoms with Gasteiger partial charge in [-0.3, -0.25) is 0 Å². The van der Waals surface area contributed by atoms with Crippen LogP contribution in [0.15, 0.2) is 35.7 Å². The van der Waals surface area contributed by atoms with E-state index in [2.05, 4.69) is 18.2 Å². The summed E-state index contributed by atoms with van der Waals surface area (Å²) in [5.41, 5.74) is 3.38. The summed E-state index contributed by atoms with van der Waals surface area (Å²) in [6.45, 7) is 0.365. The fourth-order valence-corrected chi connectivity index (χ4v) is 3.46. The first-order chi connectivity index (χ1) is 9.75. The van der Waals surface area contributed by atoms with E-state index in [1.54, 1.807) is 5.38 Å². The number of hydrogen-bond acceptors (Lipinski definition) is 3. The molecular weight excluding hydrogens is 272 g/mol. The molecule has 0 saturated carbocycles. The van der Waals surface area contributed by atoms with Gasteiger partial charge in [-0.1, -0.05) is 24.3 Å². The van der Waals surface area contributed by atoms with Crippen LogP contribution in [0.4, 0.5) is 0 Å². The second-order valence-corrected chi connectivity index (χ2v) is 5.89. The van der Waals surface area contributed by atoms with Gasteiger partial charge in [0.2, 0.25) is 0 Å². The summed E-state index contributed by atoms with van der Waals surface area (Å²) >= 11 is 1.25. The van der Waals surface area contributed by atoms with Crippen molar-refractivity contribution in [3.8, 4) is 0 Å². The minimum Gasteiger partial charge on any atom is -0.477 e. The molecule has 0 radical (unpaired) electrons. The third-order valence-electron chi connectivity index (χ3n) is 3.70. The molecular formula is C16H16O3S. The fraction of sp³-hybridized carbons (Fsp3) is 0.312. The largest absolute Gasteiger partial charge is 0.477 e. The van der Waals surface area contributed by atoms with E-state index in [1.807, 2.05) is 12.1 Å². The number of carbonyl (C=O) groups is 1. The molecule has 3 nitrogen and oxygen atoms in total. The van der Waals surface area contributed by atoms with Crippen molar-refractivity contribution in [1.82, 2.24) is 0 Å². The first-order valence-electron chi connectivity index (χ1n) is 6.75. The predicted molar refractivity (Wildman–Crippen MR) is 78.2 cm³/mol. The second kappa shape index (κ2) is 5.77. The molecule has 1 aromatic heterocycles. The quantitative estimate of drug-likeness (QED) is 0.923. The van der Waals surface area contributed by atoms with Crippen LogP contribution in [0, 0.1) is 0 Å². The number of aryl methyl sites for hydroxylation is 1. The summed E-state index contributed by atoms with van der Waals surface area (Å²) in [7, 11) is 0. The number of hydrogen-bond donors (Lipinski definition) is 1. The van der Waals surface area contributed by atoms with Gasteiger partial charge in [-0.15, -0.1) is 11.3 Å². The molecule has 0 amide bonds. The molecule has 104 valence electrons. The first kappa shape index (κ1) is 13.3. The van der Waals surface area contributed by atoms with Crippen molar-refractivity contribution in [2.75, 3.05) is 0 Å². The second-order valence-electron chi connectivity index (χ2n) is 4.97. The lowest BCUT2D eigenvalue weighted by Gasteiger charge is -2.25. The Morgan fingerprint density at radius 2 is 2.20 bits per heavy atom. The Morgan fingerprint density at radius 3 is 3.05 bits per heavy atom. The summed E-state index contributed by atoms with van der Waals surface area (Å²) in [4.78, 5) is 11.5. The molecule has 3 rings (SSSR count). The third kappa shape index (κ3) is 2.62. The van der Waals surface area contributed by atoms with E-state index in [9.17, 15) is 4.79 Å². The maximum Gasteiger partial charge on any atom is 0.346 e. The lowest BCUT2D eigenvalue weighted by molar-refractivity contribution is 0.0276. The molecule has 0 spiro atoms. The Morgan fingerprint density at radius 1 is 1.35 bits per heavy atom. The smallest absolute Gasteiger partial charge is 0.346 e. The number of carboxylic acids is 1. The summed E-state index contributed by atoms with van der Waals surface area (Å²) in [6.07, 6.45) is 3.32. The number of aromatic carboxylic acids is 1. The minimum absolute atomic E-state index is 0.0847. The highest BCUT2D eigenvalue weighted by Gasteiger charge is 2.21. The van der Waals surface area contributed by atoms with Crippen molar-refractivity contribution in [2.24, 2.45) is 0 Å². The number of carboxylic acid groups (broad SMARTS) is 1. The maximum atomic E-state index is 11.1. The Hall–Kier alpha value is -1.65. The normalized spacial score (nSPS) is 17.7. The van der Waals surface area contributed by atoms with Gasteiger partial charge < -0.3 is 9.84 Å². The van der Waals surface area contributed by atoms with Gasteiger partial charge in [0.1, 0.15) is 4.88 Å². The molecule has 0 bridgehead atoms. The van der Waals surface area contributed by atoms with E-state index < -0.39 is 5.97 Å². The molecule has 2 aromatic rings. The molecule has 1 unspecified atom stereocenters. The number of fused-ring (bicyclic) bond motifs is 1. The molecule has 1 atom stereocenters. The van der Waals surface area contributed by atoms with Gasteiger partial charge in [-0.2, -0.15) is 0 Å². The Bertz CT molecular complexity index is 618. The van der Waals surface area contributed by atoms with Crippen LogP contribution < -0.4 is 0 Å². The molecule has 0 fully saturated rings. The number of ether oxygens (including phenoxy) is 1. The Kier molecular flexibility index (Phi) is 3.85. The van der Waals surface area contributed by atoms with Gasteiger partial charge in [0, 0.05) is 5.56 Å². The monoisotopic (exact) mass is 288 g/mol. The van der Waals surface area contributed by atoms with Crippen LogP contribution in [-0.4, -0.2) is 11.1 Å². The fourth-order valence-electron chi connectivity index (χ4n) is 2.71. The molecule has 1 aliphatic carbocycles. The van der Waals surface area contributed by atoms with Crippen molar-refractivity contribution in [1.29, 1.82) is 0 Å². The van der Waals surface area contributed by atoms with E-state index in [1.165, 1.54) is 22.5 Å². The SMILES string of the molecule is O=C(O)c1sccc1COC1CCCc2ccccc21. The summed E-state index contributed by atoms with van der Waals surface area (Å²) < 4.78 is 5.99. The zero-order valence-electron chi connectivity index (χ0n) is 11.0. The third-order valence-corrected chi connectivity index (χ3v) is 4.64. The zero-order chi connectivity index (χ0) is 13.9. The Labute approximate surface area is 121 Å². The van der Waals surface area contributed by atoms with Crippen LogP contribution in [0.1, 0.15) is 45.3 Å². The van der Waals surface area contributed by atoms with Crippen molar-refractivity contribution in [2.45, 2.75) is 32.0 Å². The first-order valence-corrected chi connectivity index (χ1v) is 7.62. The van der Waals surface area contributed by atoms with E-state index >= 15 is 0 Å². The zero-order valence-corrected chi connectivity index (χ0v) is 11.9. The van der Waals surface area contributed by atoms with Crippen LogP contribution >= 0.6 is 11.3 Å². The summed E-state index contributed by atoms with van der Waals surface area (Å²) in [5.74, 6) is -0.873. The van der Waals surface area contributed by atoms with E-state index in [0.717, 1.165) is 24.8 Å². The lowest BCUT2D eigenvalue weighted by Crippen LogP contribution is -2.13. The van der Waals surface area contributed by atoms with Gasteiger partial charge in [0.05, 0.1) is 12.7 Å². The van der Waals surface area contributed by atoms with Crippen molar-refractivity contribution >= 4 is 17.3 Å². The highest BCUT2D eigenvalue weighted by atomic mass is 32.1. The Balaban J connectivity index is 1.73. The number of rotatable bonds is 4. The van der Waals surface area contributed by atoms with Gasteiger partial charge >= 0.3 is 5.97 Å². The molecule has 1 heterocycles. The summed E-state index contributed by atoms with van der Waals surface area (Å²) in [6, 6.07) is 10.2. The molecule has 4 heteroatoms. The molecule has 1 aliphatic rings. The molecule has 1 aromatic carbocycles. The van der Waals surface area contributed by atoms with Gasteiger partial charge in [-0.25, -0.2) is 4.79 Å². The standard InChI is InChI=1S/C16H16O3S/c17-16(18)15-12(8-9-20-15)10-19-14-7-3-5-11-4-1-2-6-13(11)14/h1-2,4,6,8-9,14H,3,5,7,10H2,(H,17,18). The van der Waals surface area contributed by atoms with Crippen LogP contribution in [0.2, 0.25) is 0 Å². The van der Waals surface area contributed by atoms with E-state index in [4.69, 9.17) is 9.84 Å². The topological polar surface area (TPSA) is 46.5 Å². The maximum absolute atomic E-state index is 11.1. The molecule has 1 N–H and O–H groups in total. The van der Waals surface area contributed by atoms with Crippen molar-refractivity contribution < 1.29 is 14.6 Å². The van der Waals surface area contributed by atoms with Gasteiger partial charge in [0.25, 0.3) is 0 Å². The molecule has 20 heavy (non-hydrogen) atoms. The minimum atomic E-state index is -0.873. The molecule has 0 saturated heterocycles. The lowest BCUT2D eigenvalue weighted by atomic mass is 9.89. The van der Waals surface area contributed by atoms with Crippen LogP contribution in [-0.2, 0) is 17.8 Å². The van der Waals surface area contributed by atoms with E-state index in [-0.39, 0.29) is 6.10 Å². The van der Waals surface area contributed by atoms with Gasteiger partial charge in [-0.05, 0) is 41.8 Å². The van der Waals surface area contributed by atoms with Crippen molar-refractivity contribution in [3.05, 3.63) is 57.3 Å².